The fourth-order valence-electron chi connectivity index (χ4n) is 2.29. The lowest BCUT2D eigenvalue weighted by Crippen LogP contribution is -2.14. The van der Waals surface area contributed by atoms with Crippen molar-refractivity contribution in [1.82, 2.24) is 9.97 Å². The van der Waals surface area contributed by atoms with Crippen LogP contribution in [-0.2, 0) is 10.0 Å². The average molecular weight is 338 g/mol. The van der Waals surface area contributed by atoms with Gasteiger partial charge in [0.25, 0.3) is 10.0 Å². The molecular formula is C17H14N4O2S. The molecule has 0 unspecified atom stereocenters. The summed E-state index contributed by atoms with van der Waals surface area (Å²) in [6.07, 6.45) is 1.72. The predicted octanol–water partition coefficient (Wildman–Crippen LogP) is 3.06. The van der Waals surface area contributed by atoms with Gasteiger partial charge in [0.05, 0.1) is 17.5 Å². The molecule has 0 saturated carbocycles. The average Bonchev–Trinajstić information content (AvgIpc) is 3.01. The zero-order valence-corrected chi connectivity index (χ0v) is 13.6. The van der Waals surface area contributed by atoms with Gasteiger partial charge in [-0.3, -0.25) is 4.72 Å². The highest BCUT2D eigenvalue weighted by molar-refractivity contribution is 7.92. The topological polar surface area (TPSA) is 98.6 Å². The number of hydrogen-bond donors (Lipinski definition) is 2. The van der Waals surface area contributed by atoms with E-state index in [9.17, 15) is 8.42 Å². The molecule has 3 rings (SSSR count). The summed E-state index contributed by atoms with van der Waals surface area (Å²) in [6, 6.07) is 14.9. The monoisotopic (exact) mass is 338 g/mol. The Morgan fingerprint density at radius 2 is 1.83 bits per heavy atom. The van der Waals surface area contributed by atoms with Gasteiger partial charge in [-0.1, -0.05) is 24.3 Å². The van der Waals surface area contributed by atoms with Crippen molar-refractivity contribution in [2.45, 2.75) is 11.8 Å². The minimum Gasteiger partial charge on any atom is -0.342 e. The molecule has 1 aromatic heterocycles. The van der Waals surface area contributed by atoms with Crippen LogP contribution in [0.4, 0.5) is 5.69 Å². The smallest absolute Gasteiger partial charge is 0.263 e. The molecule has 0 radical (unpaired) electrons. The summed E-state index contributed by atoms with van der Waals surface area (Å²) >= 11 is 0. The lowest BCUT2D eigenvalue weighted by Gasteiger charge is -2.09. The zero-order chi connectivity index (χ0) is 17.2. The van der Waals surface area contributed by atoms with E-state index in [2.05, 4.69) is 14.7 Å². The SMILES string of the molecule is Cc1ncc(-c2ccc(NS(=O)(=O)c3ccccc3C#N)cc2)[nH]1. The second kappa shape index (κ2) is 6.18. The standard InChI is InChI=1S/C17H14N4O2S/c1-12-19-11-16(20-12)13-6-8-15(9-7-13)21-24(22,23)17-5-3-2-4-14(17)10-18/h2-9,11,21H,1H3,(H,19,20). The van der Waals surface area contributed by atoms with Crippen molar-refractivity contribution >= 4 is 15.7 Å². The van der Waals surface area contributed by atoms with Crippen LogP contribution in [0, 0.1) is 18.3 Å². The highest BCUT2D eigenvalue weighted by Crippen LogP contribution is 2.22. The Balaban J connectivity index is 1.87. The van der Waals surface area contributed by atoms with Crippen LogP contribution in [0.25, 0.3) is 11.3 Å². The molecule has 0 atom stereocenters. The van der Waals surface area contributed by atoms with Gasteiger partial charge in [-0.05, 0) is 36.8 Å². The van der Waals surface area contributed by atoms with Crippen LogP contribution in [-0.4, -0.2) is 18.4 Å². The minimum atomic E-state index is -3.82. The second-order valence-corrected chi connectivity index (χ2v) is 6.82. The van der Waals surface area contributed by atoms with Crippen LogP contribution in [0.1, 0.15) is 11.4 Å². The molecule has 7 heteroatoms. The third-order valence-corrected chi connectivity index (χ3v) is 4.89. The Morgan fingerprint density at radius 1 is 1.12 bits per heavy atom. The number of nitrogens with one attached hydrogen (secondary N) is 2. The summed E-state index contributed by atoms with van der Waals surface area (Å²) in [5.74, 6) is 0.808. The summed E-state index contributed by atoms with van der Waals surface area (Å²) in [5.41, 5.74) is 2.28. The first-order valence-electron chi connectivity index (χ1n) is 7.13. The second-order valence-electron chi connectivity index (χ2n) is 5.17. The Hall–Kier alpha value is -3.11. The van der Waals surface area contributed by atoms with E-state index in [-0.39, 0.29) is 10.5 Å². The minimum absolute atomic E-state index is 0.0410. The van der Waals surface area contributed by atoms with Crippen molar-refractivity contribution in [3.63, 3.8) is 0 Å². The van der Waals surface area contributed by atoms with Gasteiger partial charge < -0.3 is 4.98 Å². The van der Waals surface area contributed by atoms with E-state index >= 15 is 0 Å². The van der Waals surface area contributed by atoms with Crippen LogP contribution in [0.15, 0.2) is 59.6 Å². The number of imidazole rings is 1. The lowest BCUT2D eigenvalue weighted by molar-refractivity contribution is 0.601. The number of aromatic amines is 1. The van der Waals surface area contributed by atoms with E-state index in [4.69, 9.17) is 5.26 Å². The number of rotatable bonds is 4. The molecule has 1 heterocycles. The van der Waals surface area contributed by atoms with Gasteiger partial charge in [0.2, 0.25) is 0 Å². The molecule has 0 aliphatic carbocycles. The van der Waals surface area contributed by atoms with E-state index in [0.29, 0.717) is 5.69 Å². The fourth-order valence-corrected chi connectivity index (χ4v) is 3.51. The number of sulfonamides is 1. The number of benzene rings is 2. The predicted molar refractivity (Wildman–Crippen MR) is 90.7 cm³/mol. The number of nitriles is 1. The van der Waals surface area contributed by atoms with Gasteiger partial charge in [0.15, 0.2) is 0 Å². The number of aromatic nitrogens is 2. The maximum Gasteiger partial charge on any atom is 0.263 e. The molecule has 2 N–H and O–H groups in total. The molecule has 2 aromatic carbocycles. The Bertz CT molecular complexity index is 1020. The summed E-state index contributed by atoms with van der Waals surface area (Å²) in [5, 5.41) is 9.06. The van der Waals surface area contributed by atoms with Crippen molar-refractivity contribution in [2.75, 3.05) is 4.72 Å². The fraction of sp³-hybridized carbons (Fsp3) is 0.0588. The van der Waals surface area contributed by atoms with Crippen LogP contribution < -0.4 is 4.72 Å². The van der Waals surface area contributed by atoms with Gasteiger partial charge in [-0.25, -0.2) is 13.4 Å². The maximum absolute atomic E-state index is 12.5. The number of hydrogen-bond acceptors (Lipinski definition) is 4. The first-order valence-corrected chi connectivity index (χ1v) is 8.62. The van der Waals surface area contributed by atoms with Crippen LogP contribution in [0.3, 0.4) is 0 Å². The summed E-state index contributed by atoms with van der Waals surface area (Å²) in [7, 11) is -3.82. The molecule has 24 heavy (non-hydrogen) atoms. The van der Waals surface area contributed by atoms with Crippen molar-refractivity contribution < 1.29 is 8.42 Å². The Labute approximate surface area is 139 Å². The maximum atomic E-state index is 12.5. The van der Waals surface area contributed by atoms with E-state index in [1.807, 2.05) is 13.0 Å². The molecule has 6 nitrogen and oxygen atoms in total. The zero-order valence-electron chi connectivity index (χ0n) is 12.8. The Kier molecular flexibility index (Phi) is 4.06. The number of nitrogens with zero attached hydrogens (tertiary/aromatic N) is 2. The van der Waals surface area contributed by atoms with Gasteiger partial charge in [0, 0.05) is 5.69 Å². The number of H-pyrrole nitrogens is 1. The molecule has 0 saturated heterocycles. The van der Waals surface area contributed by atoms with Gasteiger partial charge in [0.1, 0.15) is 16.8 Å². The third-order valence-electron chi connectivity index (χ3n) is 3.45. The van der Waals surface area contributed by atoms with Crippen LogP contribution in [0.2, 0.25) is 0 Å². The largest absolute Gasteiger partial charge is 0.342 e. The van der Waals surface area contributed by atoms with E-state index in [1.54, 1.807) is 42.6 Å². The first kappa shape index (κ1) is 15.8. The molecule has 0 fully saturated rings. The number of aryl methyl sites for hydroxylation is 1. The van der Waals surface area contributed by atoms with Gasteiger partial charge >= 0.3 is 0 Å². The summed E-state index contributed by atoms with van der Waals surface area (Å²) in [4.78, 5) is 7.21. The highest BCUT2D eigenvalue weighted by Gasteiger charge is 2.18. The molecule has 0 spiro atoms. The van der Waals surface area contributed by atoms with Crippen LogP contribution >= 0.6 is 0 Å². The van der Waals surface area contributed by atoms with Crippen molar-refractivity contribution in [3.8, 4) is 17.3 Å². The highest BCUT2D eigenvalue weighted by atomic mass is 32.2. The van der Waals surface area contributed by atoms with E-state index in [1.165, 1.54) is 12.1 Å². The number of anilines is 1. The molecule has 0 aliphatic rings. The summed E-state index contributed by atoms with van der Waals surface area (Å²) in [6.45, 7) is 1.86. The molecule has 120 valence electrons. The van der Waals surface area contributed by atoms with Gasteiger partial charge in [-0.2, -0.15) is 5.26 Å². The molecular weight excluding hydrogens is 324 g/mol. The van der Waals surface area contributed by atoms with Crippen LogP contribution in [0.5, 0.6) is 0 Å². The molecule has 0 aliphatic heterocycles. The normalized spacial score (nSPS) is 11.0. The lowest BCUT2D eigenvalue weighted by atomic mass is 10.1. The quantitative estimate of drug-likeness (QED) is 0.763. The van der Waals surface area contributed by atoms with Crippen molar-refractivity contribution in [3.05, 3.63) is 66.1 Å². The van der Waals surface area contributed by atoms with E-state index < -0.39 is 10.0 Å². The third kappa shape index (κ3) is 3.14. The van der Waals surface area contributed by atoms with Crippen molar-refractivity contribution in [1.29, 1.82) is 5.26 Å². The molecule has 3 aromatic rings. The van der Waals surface area contributed by atoms with Gasteiger partial charge in [-0.15, -0.1) is 0 Å². The van der Waals surface area contributed by atoms with Crippen molar-refractivity contribution in [2.24, 2.45) is 0 Å². The Morgan fingerprint density at radius 3 is 2.46 bits per heavy atom. The van der Waals surface area contributed by atoms with E-state index in [0.717, 1.165) is 17.1 Å². The molecule has 0 bridgehead atoms. The molecule has 0 amide bonds. The first-order chi connectivity index (χ1) is 11.5. The summed E-state index contributed by atoms with van der Waals surface area (Å²) < 4.78 is 27.4.